The van der Waals surface area contributed by atoms with Crippen LogP contribution in [0.5, 0.6) is 5.75 Å². The lowest BCUT2D eigenvalue weighted by atomic mass is 9.47. The van der Waals surface area contributed by atoms with E-state index in [2.05, 4.69) is 40.7 Å². The standard InChI is InChI=1S/C36H54O2S/c1-24(2)11-10-12-25(3)31-17-18-32-30-16-15-27-23-29(19-21-35(27,5)33(30)20-22-36(31,32)6)39-34(37)26(4)38-28-13-8-7-9-14-28/h7-9,13-15,24-26,29-33H,10-12,16-23H2,1-6H3/t25-,26+,29-,30+,31-,32+,33+,35-,36+/m0/s1. The van der Waals surface area contributed by atoms with E-state index in [0.29, 0.717) is 16.1 Å². The number of carbonyl (C=O) groups excluding carboxylic acids is 1. The molecule has 0 amide bonds. The first-order valence-electron chi connectivity index (χ1n) is 16.2. The maximum Gasteiger partial charge on any atom is 0.229 e. The summed E-state index contributed by atoms with van der Waals surface area (Å²) in [7, 11) is 0. The second-order valence-corrected chi connectivity index (χ2v) is 16.0. The highest BCUT2D eigenvalue weighted by atomic mass is 32.2. The molecule has 0 aromatic heterocycles. The summed E-state index contributed by atoms with van der Waals surface area (Å²) in [6.07, 6.45) is 17.0. The number of hydrogen-bond donors (Lipinski definition) is 0. The molecule has 4 aliphatic carbocycles. The summed E-state index contributed by atoms with van der Waals surface area (Å²) in [5, 5.41) is 0.571. The zero-order valence-corrected chi connectivity index (χ0v) is 26.4. The van der Waals surface area contributed by atoms with E-state index in [1.54, 1.807) is 17.3 Å². The minimum atomic E-state index is -0.408. The van der Waals surface area contributed by atoms with E-state index in [9.17, 15) is 4.79 Å². The number of rotatable bonds is 9. The maximum atomic E-state index is 13.0. The van der Waals surface area contributed by atoms with E-state index < -0.39 is 6.10 Å². The van der Waals surface area contributed by atoms with Crippen molar-refractivity contribution in [1.82, 2.24) is 0 Å². The molecular weight excluding hydrogens is 496 g/mol. The van der Waals surface area contributed by atoms with E-state index >= 15 is 0 Å². The van der Waals surface area contributed by atoms with E-state index in [1.165, 1.54) is 57.8 Å². The van der Waals surface area contributed by atoms with Gasteiger partial charge in [-0.2, -0.15) is 0 Å². The van der Waals surface area contributed by atoms with Crippen LogP contribution in [-0.4, -0.2) is 16.5 Å². The van der Waals surface area contributed by atoms with Crippen molar-refractivity contribution >= 4 is 16.9 Å². The molecule has 9 atom stereocenters. The Kier molecular flexibility index (Phi) is 8.97. The summed E-state index contributed by atoms with van der Waals surface area (Å²) in [6, 6.07) is 9.75. The zero-order valence-electron chi connectivity index (χ0n) is 25.6. The summed E-state index contributed by atoms with van der Waals surface area (Å²) in [5.74, 6) is 6.03. The van der Waals surface area contributed by atoms with Gasteiger partial charge in [0.15, 0.2) is 6.10 Å². The highest BCUT2D eigenvalue weighted by Crippen LogP contribution is 2.67. The van der Waals surface area contributed by atoms with Crippen molar-refractivity contribution in [3.8, 4) is 5.75 Å². The summed E-state index contributed by atoms with van der Waals surface area (Å²) in [6.45, 7) is 14.5. The van der Waals surface area contributed by atoms with Gasteiger partial charge in [0.2, 0.25) is 5.12 Å². The van der Waals surface area contributed by atoms with Gasteiger partial charge in [0.1, 0.15) is 5.75 Å². The molecule has 0 heterocycles. The predicted molar refractivity (Wildman–Crippen MR) is 166 cm³/mol. The third-order valence-electron chi connectivity index (χ3n) is 11.9. The molecule has 0 bridgehead atoms. The number of carbonyl (C=O) groups is 1. The third-order valence-corrected chi connectivity index (χ3v) is 13.2. The number of benzene rings is 1. The van der Waals surface area contributed by atoms with Gasteiger partial charge in [0.25, 0.3) is 0 Å². The Balaban J connectivity index is 1.21. The van der Waals surface area contributed by atoms with Crippen molar-refractivity contribution in [3.05, 3.63) is 42.0 Å². The summed E-state index contributed by atoms with van der Waals surface area (Å²) >= 11 is 1.55. The summed E-state index contributed by atoms with van der Waals surface area (Å²) < 4.78 is 5.94. The average molecular weight is 551 g/mol. The second kappa shape index (κ2) is 11.9. The van der Waals surface area contributed by atoms with Crippen LogP contribution in [0, 0.1) is 46.3 Å². The Labute approximate surface area is 243 Å². The van der Waals surface area contributed by atoms with Gasteiger partial charge in [0.05, 0.1) is 0 Å². The van der Waals surface area contributed by atoms with Crippen molar-refractivity contribution < 1.29 is 9.53 Å². The van der Waals surface area contributed by atoms with Gasteiger partial charge in [-0.25, -0.2) is 0 Å². The minimum absolute atomic E-state index is 0.176. The molecule has 1 aromatic carbocycles. The number of allylic oxidation sites excluding steroid dienone is 2. The van der Waals surface area contributed by atoms with Crippen LogP contribution in [0.2, 0.25) is 0 Å². The molecule has 0 N–H and O–H groups in total. The molecule has 0 spiro atoms. The zero-order chi connectivity index (χ0) is 27.8. The molecule has 5 rings (SSSR count). The third kappa shape index (κ3) is 5.91. The highest BCUT2D eigenvalue weighted by molar-refractivity contribution is 8.14. The van der Waals surface area contributed by atoms with Gasteiger partial charge in [-0.3, -0.25) is 4.79 Å². The predicted octanol–water partition coefficient (Wildman–Crippen LogP) is 10.1. The first kappa shape index (κ1) is 29.3. The van der Waals surface area contributed by atoms with Gasteiger partial charge in [-0.1, -0.05) is 95.5 Å². The van der Waals surface area contributed by atoms with Gasteiger partial charge < -0.3 is 4.74 Å². The molecule has 2 nitrogen and oxygen atoms in total. The smallest absolute Gasteiger partial charge is 0.229 e. The van der Waals surface area contributed by atoms with Crippen molar-refractivity contribution in [2.24, 2.45) is 46.3 Å². The van der Waals surface area contributed by atoms with Crippen LogP contribution in [-0.2, 0) is 4.79 Å². The molecule has 4 aliphatic rings. The molecule has 3 saturated carbocycles. The van der Waals surface area contributed by atoms with Crippen LogP contribution in [0.3, 0.4) is 0 Å². The van der Waals surface area contributed by atoms with E-state index in [-0.39, 0.29) is 5.12 Å². The quantitative estimate of drug-likeness (QED) is 0.286. The van der Waals surface area contributed by atoms with Crippen molar-refractivity contribution in [2.45, 2.75) is 124 Å². The van der Waals surface area contributed by atoms with Crippen LogP contribution >= 0.6 is 11.8 Å². The molecule has 0 unspecified atom stereocenters. The largest absolute Gasteiger partial charge is 0.482 e. The Morgan fingerprint density at radius 3 is 2.49 bits per heavy atom. The Bertz CT molecular complexity index is 1020. The van der Waals surface area contributed by atoms with Gasteiger partial charge in [0, 0.05) is 5.25 Å². The lowest BCUT2D eigenvalue weighted by molar-refractivity contribution is -0.116. The molecule has 0 aliphatic heterocycles. The monoisotopic (exact) mass is 550 g/mol. The summed E-state index contributed by atoms with van der Waals surface area (Å²) in [4.78, 5) is 13.0. The Hall–Kier alpha value is -1.22. The first-order valence-corrected chi connectivity index (χ1v) is 17.1. The topological polar surface area (TPSA) is 26.3 Å². The molecular formula is C36H54O2S. The molecule has 3 fully saturated rings. The van der Waals surface area contributed by atoms with Gasteiger partial charge in [-0.15, -0.1) is 0 Å². The molecule has 0 radical (unpaired) electrons. The average Bonchev–Trinajstić information content (AvgIpc) is 3.26. The number of hydrogen-bond acceptors (Lipinski definition) is 3. The highest BCUT2D eigenvalue weighted by Gasteiger charge is 2.59. The Morgan fingerprint density at radius 2 is 1.74 bits per heavy atom. The van der Waals surface area contributed by atoms with Gasteiger partial charge >= 0.3 is 0 Å². The number of fused-ring (bicyclic) bond motifs is 5. The second-order valence-electron chi connectivity index (χ2n) is 14.7. The van der Waals surface area contributed by atoms with Gasteiger partial charge in [-0.05, 0) is 117 Å². The van der Waals surface area contributed by atoms with E-state index in [0.717, 1.165) is 54.1 Å². The van der Waals surface area contributed by atoms with Crippen molar-refractivity contribution in [1.29, 1.82) is 0 Å². The number of para-hydroxylation sites is 1. The molecule has 3 heteroatoms. The van der Waals surface area contributed by atoms with Crippen LogP contribution < -0.4 is 4.74 Å². The molecule has 39 heavy (non-hydrogen) atoms. The normalized spacial score (nSPS) is 37.3. The maximum absolute atomic E-state index is 13.0. The molecule has 0 saturated heterocycles. The van der Waals surface area contributed by atoms with Crippen LogP contribution in [0.4, 0.5) is 0 Å². The minimum Gasteiger partial charge on any atom is -0.482 e. The van der Waals surface area contributed by atoms with Crippen molar-refractivity contribution in [3.63, 3.8) is 0 Å². The summed E-state index contributed by atoms with van der Waals surface area (Å²) in [5.41, 5.74) is 2.57. The number of thioether (sulfide) groups is 1. The van der Waals surface area contributed by atoms with Crippen molar-refractivity contribution in [2.75, 3.05) is 0 Å². The Morgan fingerprint density at radius 1 is 0.974 bits per heavy atom. The van der Waals surface area contributed by atoms with E-state index in [1.807, 2.05) is 37.3 Å². The fourth-order valence-electron chi connectivity index (χ4n) is 9.76. The molecule has 1 aromatic rings. The fourth-order valence-corrected chi connectivity index (χ4v) is 10.8. The van der Waals surface area contributed by atoms with Crippen LogP contribution in [0.15, 0.2) is 42.0 Å². The van der Waals surface area contributed by atoms with Crippen LogP contribution in [0.1, 0.15) is 112 Å². The molecule has 216 valence electrons. The fraction of sp³-hybridized carbons (Fsp3) is 0.750. The first-order chi connectivity index (χ1) is 18.6. The SMILES string of the molecule is CC(C)CCC[C@H](C)[C@@H]1CC[C@@H]2[C@H]3CC=C4C[C@@H](SC(=O)[C@@H](C)Oc5ccccc5)CC[C@]4(C)[C@@H]3CC[C@@]21C. The lowest BCUT2D eigenvalue weighted by Crippen LogP contribution is -2.50. The van der Waals surface area contributed by atoms with Crippen LogP contribution in [0.25, 0.3) is 0 Å². The van der Waals surface area contributed by atoms with E-state index in [4.69, 9.17) is 4.74 Å². The lowest BCUT2D eigenvalue weighted by Gasteiger charge is -2.58. The number of ether oxygens (including phenoxy) is 1.